The van der Waals surface area contributed by atoms with Crippen molar-refractivity contribution >= 4 is 34.9 Å². The van der Waals surface area contributed by atoms with Crippen LogP contribution in [0.15, 0.2) is 40.9 Å². The number of rotatable bonds is 7. The Hall–Kier alpha value is -2.36. The van der Waals surface area contributed by atoms with E-state index in [0.717, 1.165) is 21.7 Å². The van der Waals surface area contributed by atoms with Crippen LogP contribution in [-0.4, -0.2) is 62.8 Å². The van der Waals surface area contributed by atoms with Crippen molar-refractivity contribution < 1.29 is 14.7 Å². The van der Waals surface area contributed by atoms with Crippen LogP contribution in [0.3, 0.4) is 0 Å². The van der Waals surface area contributed by atoms with E-state index < -0.39 is 12.1 Å². The van der Waals surface area contributed by atoms with Gasteiger partial charge in [0, 0.05) is 32.8 Å². The van der Waals surface area contributed by atoms with Crippen molar-refractivity contribution in [3.05, 3.63) is 52.1 Å². The minimum atomic E-state index is -0.696. The number of nitrogens with one attached hydrogen (secondary N) is 1. The van der Waals surface area contributed by atoms with Crippen LogP contribution in [-0.2, 0) is 16.1 Å². The smallest absolute Gasteiger partial charge is 0.243 e. The average Bonchev–Trinajstić information content (AvgIpc) is 3.50. The highest BCUT2D eigenvalue weighted by Crippen LogP contribution is 2.40. The molecule has 35 heavy (non-hydrogen) atoms. The number of thiazole rings is 1. The van der Waals surface area contributed by atoms with Gasteiger partial charge in [-0.1, -0.05) is 38.1 Å². The molecule has 2 aliphatic rings. The maximum atomic E-state index is 13.7. The van der Waals surface area contributed by atoms with Gasteiger partial charge in [-0.05, 0) is 35.8 Å². The molecule has 2 aromatic rings. The fraction of sp³-hybridized carbons (Fsp3) is 0.500. The first-order chi connectivity index (χ1) is 16.7. The molecule has 1 unspecified atom stereocenters. The van der Waals surface area contributed by atoms with Crippen LogP contribution in [0, 0.1) is 18.8 Å². The number of thioether (sulfide) groups is 1. The van der Waals surface area contributed by atoms with Gasteiger partial charge in [0.2, 0.25) is 11.8 Å². The third kappa shape index (κ3) is 5.57. The van der Waals surface area contributed by atoms with Gasteiger partial charge in [-0.15, -0.1) is 23.1 Å². The van der Waals surface area contributed by atoms with E-state index >= 15 is 0 Å². The zero-order valence-corrected chi connectivity index (χ0v) is 22.5. The number of allylic oxidation sites excluding steroid dienone is 1. The number of carbonyl (C=O) groups excluding carboxylic acids is 2. The summed E-state index contributed by atoms with van der Waals surface area (Å²) in [5.74, 6) is -0.458. The molecule has 0 spiro atoms. The predicted octanol–water partition coefficient (Wildman–Crippen LogP) is 3.83. The molecule has 0 aliphatic carbocycles. The van der Waals surface area contributed by atoms with Crippen molar-refractivity contribution in [3.63, 3.8) is 0 Å². The van der Waals surface area contributed by atoms with E-state index in [1.807, 2.05) is 64.5 Å². The number of hydrogen-bond donors (Lipinski definition) is 2. The number of aliphatic hydroxyl groups is 1. The Kier molecular flexibility index (Phi) is 7.88. The number of aromatic nitrogens is 1. The first-order valence-corrected chi connectivity index (χ1v) is 13.7. The lowest BCUT2D eigenvalue weighted by atomic mass is 9.93. The molecular formula is C26H34N4O3S2. The number of carbonyl (C=O) groups is 2. The number of amides is 2. The monoisotopic (exact) mass is 514 g/mol. The van der Waals surface area contributed by atoms with Gasteiger partial charge < -0.3 is 20.2 Å². The molecule has 188 valence electrons. The van der Waals surface area contributed by atoms with E-state index in [-0.39, 0.29) is 42.0 Å². The summed E-state index contributed by atoms with van der Waals surface area (Å²) in [5.41, 5.74) is 4.93. The van der Waals surface area contributed by atoms with Crippen LogP contribution < -0.4 is 5.32 Å². The summed E-state index contributed by atoms with van der Waals surface area (Å²) < 4.78 is 0. The Balaban J connectivity index is 1.42. The highest BCUT2D eigenvalue weighted by atomic mass is 32.2. The molecule has 0 bridgehead atoms. The third-order valence-electron chi connectivity index (χ3n) is 6.70. The predicted molar refractivity (Wildman–Crippen MR) is 141 cm³/mol. The minimum absolute atomic E-state index is 0.00958. The number of likely N-dealkylation sites (tertiary alicyclic amines) is 1. The molecule has 3 heterocycles. The summed E-state index contributed by atoms with van der Waals surface area (Å²) in [6.45, 7) is 8.69. The normalized spacial score (nSPS) is 23.1. The van der Waals surface area contributed by atoms with Crippen LogP contribution in [0.5, 0.6) is 0 Å². The molecule has 2 aliphatic heterocycles. The summed E-state index contributed by atoms with van der Waals surface area (Å²) in [7, 11) is 1.99. The molecule has 1 fully saturated rings. The Bertz CT molecular complexity index is 1100. The molecule has 2 amide bonds. The summed E-state index contributed by atoms with van der Waals surface area (Å²) in [4.78, 5) is 37.2. The van der Waals surface area contributed by atoms with Gasteiger partial charge in [-0.3, -0.25) is 9.59 Å². The van der Waals surface area contributed by atoms with Gasteiger partial charge in [0.25, 0.3) is 0 Å². The van der Waals surface area contributed by atoms with Crippen LogP contribution in [0.4, 0.5) is 0 Å². The largest absolute Gasteiger partial charge is 0.391 e. The molecule has 4 rings (SSSR count). The van der Waals surface area contributed by atoms with E-state index in [1.165, 1.54) is 4.91 Å². The number of nitrogens with zero attached hydrogens (tertiary/aromatic N) is 3. The fourth-order valence-corrected chi connectivity index (χ4v) is 7.11. The molecule has 1 saturated heterocycles. The second-order valence-corrected chi connectivity index (χ2v) is 12.0. The van der Waals surface area contributed by atoms with Gasteiger partial charge in [-0.25, -0.2) is 4.98 Å². The molecule has 4 atom stereocenters. The zero-order valence-electron chi connectivity index (χ0n) is 20.9. The first kappa shape index (κ1) is 25.7. The first-order valence-electron chi connectivity index (χ1n) is 12.0. The summed E-state index contributed by atoms with van der Waals surface area (Å²) >= 11 is 3.30. The molecule has 1 aromatic heterocycles. The molecule has 7 nitrogen and oxygen atoms in total. The van der Waals surface area contributed by atoms with E-state index in [2.05, 4.69) is 21.4 Å². The number of benzene rings is 1. The van der Waals surface area contributed by atoms with Crippen LogP contribution in [0.1, 0.15) is 38.4 Å². The van der Waals surface area contributed by atoms with Crippen LogP contribution in [0.25, 0.3) is 10.4 Å². The SMILES string of the molecule is CC1=CN(C)C([C@H](C(=O)N2C[C@H](O)C[C@H]2C(=O)NCc2ccc(-c3scnc3C)cc2)C(C)C)S1. The molecule has 0 radical (unpaired) electrons. The van der Waals surface area contributed by atoms with Crippen molar-refractivity contribution in [2.45, 2.75) is 58.2 Å². The second-order valence-electron chi connectivity index (χ2n) is 9.76. The Morgan fingerprint density at radius 2 is 1.94 bits per heavy atom. The van der Waals surface area contributed by atoms with Gasteiger partial charge in [-0.2, -0.15) is 0 Å². The fourth-order valence-electron chi connectivity index (χ4n) is 4.88. The molecule has 1 aromatic carbocycles. The zero-order chi connectivity index (χ0) is 25.3. The standard InChI is InChI=1S/C26H34N4O3S2/c1-15(2)22(26-29(5)12-16(3)35-26)25(33)30-13-20(31)10-21(30)24(32)27-11-18-6-8-19(9-7-18)23-17(4)28-14-34-23/h6-9,12,14-15,20-22,26,31H,10-11,13H2,1-5H3,(H,27,32)/t20-,21+,22+,26?/m1/s1. The van der Waals surface area contributed by atoms with Gasteiger partial charge in [0.1, 0.15) is 6.04 Å². The quantitative estimate of drug-likeness (QED) is 0.584. The van der Waals surface area contributed by atoms with E-state index in [4.69, 9.17) is 0 Å². The van der Waals surface area contributed by atoms with Crippen molar-refractivity contribution in [1.29, 1.82) is 0 Å². The van der Waals surface area contributed by atoms with E-state index in [9.17, 15) is 14.7 Å². The van der Waals surface area contributed by atoms with Crippen molar-refractivity contribution in [2.75, 3.05) is 13.6 Å². The lowest BCUT2D eigenvalue weighted by Crippen LogP contribution is -2.51. The van der Waals surface area contributed by atoms with E-state index in [0.29, 0.717) is 6.54 Å². The number of aryl methyl sites for hydroxylation is 1. The Morgan fingerprint density at radius 3 is 2.51 bits per heavy atom. The molecule has 2 N–H and O–H groups in total. The molecular weight excluding hydrogens is 480 g/mol. The van der Waals surface area contributed by atoms with E-state index in [1.54, 1.807) is 28.0 Å². The average molecular weight is 515 g/mol. The maximum absolute atomic E-state index is 13.7. The lowest BCUT2D eigenvalue weighted by molar-refractivity contribution is -0.143. The Morgan fingerprint density at radius 1 is 1.23 bits per heavy atom. The van der Waals surface area contributed by atoms with Gasteiger partial charge in [0.05, 0.1) is 33.5 Å². The minimum Gasteiger partial charge on any atom is -0.391 e. The Labute approximate surface area is 215 Å². The van der Waals surface area contributed by atoms with Crippen LogP contribution in [0.2, 0.25) is 0 Å². The number of hydrogen-bond acceptors (Lipinski definition) is 7. The maximum Gasteiger partial charge on any atom is 0.243 e. The third-order valence-corrected chi connectivity index (χ3v) is 9.02. The van der Waals surface area contributed by atoms with Gasteiger partial charge >= 0.3 is 0 Å². The highest BCUT2D eigenvalue weighted by molar-refractivity contribution is 8.03. The molecule has 9 heteroatoms. The molecule has 0 saturated carbocycles. The van der Waals surface area contributed by atoms with Crippen molar-refractivity contribution in [3.8, 4) is 10.4 Å². The summed E-state index contributed by atoms with van der Waals surface area (Å²) in [6.07, 6.45) is 1.62. The number of aliphatic hydroxyl groups excluding tert-OH is 1. The van der Waals surface area contributed by atoms with Crippen LogP contribution >= 0.6 is 23.1 Å². The second kappa shape index (κ2) is 10.7. The summed E-state index contributed by atoms with van der Waals surface area (Å²) in [6, 6.07) is 7.41. The van der Waals surface area contributed by atoms with Gasteiger partial charge in [0.15, 0.2) is 0 Å². The van der Waals surface area contributed by atoms with Crippen molar-refractivity contribution in [1.82, 2.24) is 20.1 Å². The highest BCUT2D eigenvalue weighted by Gasteiger charge is 2.45. The number of β-amino-alcohol motifs (C(OH)–C–C–N with tert-alkyl or cyclic N) is 1. The topological polar surface area (TPSA) is 85.8 Å². The van der Waals surface area contributed by atoms with Crippen molar-refractivity contribution in [2.24, 2.45) is 11.8 Å². The summed E-state index contributed by atoms with van der Waals surface area (Å²) in [5, 5.41) is 13.3. The lowest BCUT2D eigenvalue weighted by Gasteiger charge is -2.35.